The highest BCUT2D eigenvalue weighted by Gasteiger charge is 2.19. The Morgan fingerprint density at radius 2 is 1.81 bits per heavy atom. The van der Waals surface area contributed by atoms with Crippen molar-refractivity contribution in [2.75, 3.05) is 31.9 Å². The quantitative estimate of drug-likeness (QED) is 0.834. The molecule has 1 aliphatic heterocycles. The van der Waals surface area contributed by atoms with E-state index < -0.39 is 9.84 Å². The van der Waals surface area contributed by atoms with E-state index in [1.807, 2.05) is 18.2 Å². The number of piperazine rings is 1. The van der Waals surface area contributed by atoms with Crippen LogP contribution in [0, 0.1) is 0 Å². The number of hydrogen-bond acceptors (Lipinski definition) is 4. The smallest absolute Gasteiger partial charge is 0.178 e. The minimum Gasteiger partial charge on any atom is -0.298 e. The molecule has 0 saturated carbocycles. The van der Waals surface area contributed by atoms with Crippen LogP contribution in [0.25, 0.3) is 0 Å². The molecule has 0 N–H and O–H groups in total. The van der Waals surface area contributed by atoms with Gasteiger partial charge in [-0.1, -0.05) is 19.1 Å². The molecule has 2 rings (SSSR count). The van der Waals surface area contributed by atoms with Crippen molar-refractivity contribution in [3.8, 4) is 0 Å². The molecule has 0 unspecified atom stereocenters. The van der Waals surface area contributed by atoms with Crippen molar-refractivity contribution in [3.63, 3.8) is 0 Å². The second kappa shape index (κ2) is 6.90. The van der Waals surface area contributed by atoms with Crippen LogP contribution in [0.5, 0.6) is 0 Å². The molecule has 1 saturated heterocycles. The van der Waals surface area contributed by atoms with Gasteiger partial charge in [-0.3, -0.25) is 9.80 Å². The first-order valence-electron chi connectivity index (χ1n) is 7.70. The molecule has 0 aromatic heterocycles. The van der Waals surface area contributed by atoms with E-state index in [1.54, 1.807) is 13.0 Å². The number of nitrogens with zero attached hydrogens (tertiary/aromatic N) is 2. The summed E-state index contributed by atoms with van der Waals surface area (Å²) in [5.74, 6) is 0.156. The van der Waals surface area contributed by atoms with Crippen molar-refractivity contribution in [2.24, 2.45) is 0 Å². The van der Waals surface area contributed by atoms with Crippen LogP contribution < -0.4 is 0 Å². The zero-order chi connectivity index (χ0) is 15.5. The zero-order valence-corrected chi connectivity index (χ0v) is 14.1. The first-order valence-corrected chi connectivity index (χ1v) is 9.35. The van der Waals surface area contributed by atoms with Crippen molar-refractivity contribution >= 4 is 9.84 Å². The van der Waals surface area contributed by atoms with Crippen LogP contribution >= 0.6 is 0 Å². The molecule has 1 aromatic carbocycles. The average molecular weight is 310 g/mol. The van der Waals surface area contributed by atoms with Gasteiger partial charge in [0, 0.05) is 38.8 Å². The molecule has 21 heavy (non-hydrogen) atoms. The maximum atomic E-state index is 11.9. The third-order valence-electron chi connectivity index (χ3n) is 4.18. The predicted octanol–water partition coefficient (Wildman–Crippen LogP) is 2.01. The molecule has 1 aliphatic rings. The predicted molar refractivity (Wildman–Crippen MR) is 86.2 cm³/mol. The van der Waals surface area contributed by atoms with Gasteiger partial charge in [-0.2, -0.15) is 0 Å². The molecule has 1 fully saturated rings. The number of benzene rings is 1. The second-order valence-electron chi connectivity index (χ2n) is 5.96. The van der Waals surface area contributed by atoms with Crippen LogP contribution in [0.1, 0.15) is 26.3 Å². The van der Waals surface area contributed by atoms with Gasteiger partial charge in [0.05, 0.1) is 10.6 Å². The first kappa shape index (κ1) is 16.5. The fraction of sp³-hybridized carbons (Fsp3) is 0.625. The second-order valence-corrected chi connectivity index (χ2v) is 8.23. The van der Waals surface area contributed by atoms with Crippen molar-refractivity contribution in [1.82, 2.24) is 9.80 Å². The van der Waals surface area contributed by atoms with E-state index >= 15 is 0 Å². The highest BCUT2D eigenvalue weighted by molar-refractivity contribution is 7.91. The molecule has 1 aromatic rings. The van der Waals surface area contributed by atoms with Gasteiger partial charge < -0.3 is 0 Å². The molecule has 0 aliphatic carbocycles. The van der Waals surface area contributed by atoms with Gasteiger partial charge in [-0.05, 0) is 31.5 Å². The fourth-order valence-corrected chi connectivity index (χ4v) is 3.65. The minimum atomic E-state index is -3.11. The lowest BCUT2D eigenvalue weighted by atomic mass is 10.2. The Hall–Kier alpha value is -0.910. The van der Waals surface area contributed by atoms with E-state index in [1.165, 1.54) is 0 Å². The molecule has 0 atom stereocenters. The number of sulfone groups is 1. The van der Waals surface area contributed by atoms with Gasteiger partial charge in [0.1, 0.15) is 0 Å². The normalized spacial score (nSPS) is 18.3. The third-order valence-corrected chi connectivity index (χ3v) is 5.91. The summed E-state index contributed by atoms with van der Waals surface area (Å²) in [5.41, 5.74) is 1.09. The van der Waals surface area contributed by atoms with E-state index in [-0.39, 0.29) is 5.75 Å². The molecular formula is C16H26N2O2S. The standard InChI is InChI=1S/C16H26N2O2S/c1-4-21(19,20)16-7-5-6-15(12-16)13-17-8-10-18(11-9-17)14(2)3/h5-7,12,14H,4,8-11,13H2,1-3H3. The number of rotatable bonds is 5. The fourth-order valence-electron chi connectivity index (χ4n) is 2.70. The van der Waals surface area contributed by atoms with E-state index in [2.05, 4.69) is 23.6 Å². The van der Waals surface area contributed by atoms with Crippen molar-refractivity contribution in [2.45, 2.75) is 38.3 Å². The lowest BCUT2D eigenvalue weighted by Crippen LogP contribution is -2.48. The molecule has 5 heteroatoms. The third kappa shape index (κ3) is 4.28. The molecule has 0 spiro atoms. The van der Waals surface area contributed by atoms with Crippen LogP contribution in [0.2, 0.25) is 0 Å². The van der Waals surface area contributed by atoms with E-state index in [0.29, 0.717) is 10.9 Å². The van der Waals surface area contributed by atoms with E-state index in [9.17, 15) is 8.42 Å². The lowest BCUT2D eigenvalue weighted by Gasteiger charge is -2.37. The van der Waals surface area contributed by atoms with Gasteiger partial charge in [0.2, 0.25) is 0 Å². The lowest BCUT2D eigenvalue weighted by molar-refractivity contribution is 0.104. The summed E-state index contributed by atoms with van der Waals surface area (Å²) < 4.78 is 23.9. The summed E-state index contributed by atoms with van der Waals surface area (Å²) >= 11 is 0. The Morgan fingerprint density at radius 1 is 1.14 bits per heavy atom. The average Bonchev–Trinajstić information content (AvgIpc) is 2.48. The Balaban J connectivity index is 2.00. The van der Waals surface area contributed by atoms with Gasteiger partial charge >= 0.3 is 0 Å². The maximum absolute atomic E-state index is 11.9. The largest absolute Gasteiger partial charge is 0.298 e. The monoisotopic (exact) mass is 310 g/mol. The Morgan fingerprint density at radius 3 is 2.38 bits per heavy atom. The minimum absolute atomic E-state index is 0.156. The number of hydrogen-bond donors (Lipinski definition) is 0. The Kier molecular flexibility index (Phi) is 5.41. The molecule has 0 amide bonds. The SMILES string of the molecule is CCS(=O)(=O)c1cccc(CN2CCN(C(C)C)CC2)c1. The van der Waals surface area contributed by atoms with Crippen molar-refractivity contribution in [3.05, 3.63) is 29.8 Å². The van der Waals surface area contributed by atoms with Gasteiger partial charge in [0.25, 0.3) is 0 Å². The first-order chi connectivity index (χ1) is 9.92. The molecule has 4 nitrogen and oxygen atoms in total. The van der Waals surface area contributed by atoms with Gasteiger partial charge in [-0.15, -0.1) is 0 Å². The maximum Gasteiger partial charge on any atom is 0.178 e. The highest BCUT2D eigenvalue weighted by Crippen LogP contribution is 2.16. The van der Waals surface area contributed by atoms with Crippen LogP contribution in [0.15, 0.2) is 29.2 Å². The summed E-state index contributed by atoms with van der Waals surface area (Å²) in [7, 11) is -3.11. The van der Waals surface area contributed by atoms with Crippen LogP contribution in [-0.2, 0) is 16.4 Å². The van der Waals surface area contributed by atoms with Crippen LogP contribution in [0.4, 0.5) is 0 Å². The van der Waals surface area contributed by atoms with E-state index in [0.717, 1.165) is 38.3 Å². The summed E-state index contributed by atoms with van der Waals surface area (Å²) in [6, 6.07) is 7.99. The van der Waals surface area contributed by atoms with Crippen LogP contribution in [-0.4, -0.2) is 56.2 Å². The van der Waals surface area contributed by atoms with Crippen molar-refractivity contribution in [1.29, 1.82) is 0 Å². The van der Waals surface area contributed by atoms with Gasteiger partial charge in [0.15, 0.2) is 9.84 Å². The molecule has 0 bridgehead atoms. The molecule has 1 heterocycles. The summed E-state index contributed by atoms with van der Waals surface area (Å²) in [6.45, 7) is 11.2. The molecular weight excluding hydrogens is 284 g/mol. The summed E-state index contributed by atoms with van der Waals surface area (Å²) in [6.07, 6.45) is 0. The summed E-state index contributed by atoms with van der Waals surface area (Å²) in [4.78, 5) is 5.33. The zero-order valence-electron chi connectivity index (χ0n) is 13.2. The highest BCUT2D eigenvalue weighted by atomic mass is 32.2. The summed E-state index contributed by atoms with van der Waals surface area (Å²) in [5, 5.41) is 0. The van der Waals surface area contributed by atoms with E-state index in [4.69, 9.17) is 0 Å². The molecule has 118 valence electrons. The van der Waals surface area contributed by atoms with Gasteiger partial charge in [-0.25, -0.2) is 8.42 Å². The topological polar surface area (TPSA) is 40.6 Å². The Labute approximate surface area is 128 Å². The van der Waals surface area contributed by atoms with Crippen molar-refractivity contribution < 1.29 is 8.42 Å². The molecule has 0 radical (unpaired) electrons. The van der Waals surface area contributed by atoms with Crippen LogP contribution in [0.3, 0.4) is 0 Å². The Bertz CT molecular complexity index is 561.